The van der Waals surface area contributed by atoms with Crippen LogP contribution in [0, 0.1) is 0 Å². The van der Waals surface area contributed by atoms with Gasteiger partial charge >= 0.3 is 0 Å². The molecule has 0 atom stereocenters. The Hall–Kier alpha value is -1.10. The lowest BCUT2D eigenvalue weighted by atomic mass is 10.1. The summed E-state index contributed by atoms with van der Waals surface area (Å²) in [4.78, 5) is 4.52. The SMILES string of the molecule is COCCNCc1ccccc1N(C)CCN(C)C. The molecule has 0 aromatic heterocycles. The summed E-state index contributed by atoms with van der Waals surface area (Å²) >= 11 is 0. The molecule has 4 nitrogen and oxygen atoms in total. The van der Waals surface area contributed by atoms with Gasteiger partial charge in [0.2, 0.25) is 0 Å². The van der Waals surface area contributed by atoms with Crippen LogP contribution in [0.1, 0.15) is 5.56 Å². The van der Waals surface area contributed by atoms with Gasteiger partial charge in [0.15, 0.2) is 0 Å². The van der Waals surface area contributed by atoms with E-state index in [4.69, 9.17) is 4.74 Å². The third-order valence-corrected chi connectivity index (χ3v) is 3.08. The highest BCUT2D eigenvalue weighted by molar-refractivity contribution is 5.53. The number of methoxy groups -OCH3 is 1. The Morgan fingerprint density at radius 2 is 1.84 bits per heavy atom. The topological polar surface area (TPSA) is 27.7 Å². The minimum Gasteiger partial charge on any atom is -0.383 e. The predicted octanol–water partition coefficient (Wildman–Crippen LogP) is 1.42. The molecule has 19 heavy (non-hydrogen) atoms. The first-order valence-electron chi connectivity index (χ1n) is 6.78. The third kappa shape index (κ3) is 6.05. The summed E-state index contributed by atoms with van der Waals surface area (Å²) in [5, 5.41) is 3.40. The summed E-state index contributed by atoms with van der Waals surface area (Å²) < 4.78 is 5.04. The minimum absolute atomic E-state index is 0.749. The first kappa shape index (κ1) is 16.0. The second kappa shape index (κ2) is 8.91. The lowest BCUT2D eigenvalue weighted by Crippen LogP contribution is -2.29. The van der Waals surface area contributed by atoms with Gasteiger partial charge in [-0.1, -0.05) is 18.2 Å². The van der Waals surface area contributed by atoms with E-state index in [1.165, 1.54) is 11.3 Å². The van der Waals surface area contributed by atoms with Crippen LogP contribution in [0.5, 0.6) is 0 Å². The van der Waals surface area contributed by atoms with Gasteiger partial charge in [-0.05, 0) is 25.7 Å². The van der Waals surface area contributed by atoms with Crippen LogP contribution in [0.3, 0.4) is 0 Å². The molecule has 1 N–H and O–H groups in total. The molecule has 4 heteroatoms. The number of rotatable bonds is 9. The second-order valence-electron chi connectivity index (χ2n) is 5.02. The zero-order valence-electron chi connectivity index (χ0n) is 12.6. The molecule has 0 aliphatic rings. The van der Waals surface area contributed by atoms with E-state index in [1.807, 2.05) is 0 Å². The van der Waals surface area contributed by atoms with Gasteiger partial charge in [-0.3, -0.25) is 0 Å². The standard InChI is InChI=1S/C15H27N3O/c1-17(2)10-11-18(3)15-8-6-5-7-14(15)13-16-9-12-19-4/h5-8,16H,9-13H2,1-4H3. The lowest BCUT2D eigenvalue weighted by molar-refractivity contribution is 0.199. The van der Waals surface area contributed by atoms with Crippen molar-refractivity contribution in [2.45, 2.75) is 6.54 Å². The Bertz CT molecular complexity index is 355. The number of nitrogens with zero attached hydrogens (tertiary/aromatic N) is 2. The first-order chi connectivity index (χ1) is 9.15. The van der Waals surface area contributed by atoms with E-state index < -0.39 is 0 Å². The summed E-state index contributed by atoms with van der Waals surface area (Å²) in [7, 11) is 8.08. The monoisotopic (exact) mass is 265 g/mol. The van der Waals surface area contributed by atoms with E-state index in [9.17, 15) is 0 Å². The minimum atomic E-state index is 0.749. The molecular weight excluding hydrogens is 238 g/mol. The van der Waals surface area contributed by atoms with Gasteiger partial charge in [0.25, 0.3) is 0 Å². The predicted molar refractivity (Wildman–Crippen MR) is 81.8 cm³/mol. The second-order valence-corrected chi connectivity index (χ2v) is 5.02. The molecule has 0 radical (unpaired) electrons. The van der Waals surface area contributed by atoms with Crippen molar-refractivity contribution < 1.29 is 4.74 Å². The number of benzene rings is 1. The van der Waals surface area contributed by atoms with Crippen molar-refractivity contribution in [3.8, 4) is 0 Å². The quantitative estimate of drug-likeness (QED) is 0.684. The van der Waals surface area contributed by atoms with E-state index in [0.717, 1.165) is 32.8 Å². The molecule has 0 spiro atoms. The third-order valence-electron chi connectivity index (χ3n) is 3.08. The Kier molecular flexibility index (Phi) is 7.48. The van der Waals surface area contributed by atoms with Gasteiger partial charge in [0.05, 0.1) is 6.61 Å². The summed E-state index contributed by atoms with van der Waals surface area (Å²) in [6.45, 7) is 4.60. The summed E-state index contributed by atoms with van der Waals surface area (Å²) in [5.41, 5.74) is 2.63. The molecule has 0 heterocycles. The van der Waals surface area contributed by atoms with E-state index in [1.54, 1.807) is 7.11 Å². The molecule has 0 aliphatic carbocycles. The zero-order valence-corrected chi connectivity index (χ0v) is 12.6. The molecule has 0 unspecified atom stereocenters. The van der Waals surface area contributed by atoms with Crippen LogP contribution >= 0.6 is 0 Å². The van der Waals surface area contributed by atoms with Crippen LogP contribution in [0.2, 0.25) is 0 Å². The van der Waals surface area contributed by atoms with Gasteiger partial charge in [-0.25, -0.2) is 0 Å². The van der Waals surface area contributed by atoms with Crippen LogP contribution in [-0.2, 0) is 11.3 Å². The fourth-order valence-corrected chi connectivity index (χ4v) is 1.90. The Labute approximate surface area is 117 Å². The molecule has 0 saturated heterocycles. The maximum absolute atomic E-state index is 5.04. The molecule has 1 rings (SSSR count). The number of nitrogens with one attached hydrogen (secondary N) is 1. The molecule has 0 bridgehead atoms. The van der Waals surface area contributed by atoms with Crippen LogP contribution in [0.4, 0.5) is 5.69 Å². The highest BCUT2D eigenvalue weighted by atomic mass is 16.5. The van der Waals surface area contributed by atoms with Crippen molar-refractivity contribution >= 4 is 5.69 Å². The number of ether oxygens (including phenoxy) is 1. The molecule has 0 aliphatic heterocycles. The van der Waals surface area contributed by atoms with E-state index in [2.05, 4.69) is 60.5 Å². The first-order valence-corrected chi connectivity index (χ1v) is 6.78. The fourth-order valence-electron chi connectivity index (χ4n) is 1.90. The van der Waals surface area contributed by atoms with Crippen molar-refractivity contribution in [2.24, 2.45) is 0 Å². The average Bonchev–Trinajstić information content (AvgIpc) is 2.41. The van der Waals surface area contributed by atoms with Crippen LogP contribution in [-0.4, -0.2) is 59.4 Å². The summed E-state index contributed by atoms with van der Waals surface area (Å²) in [6, 6.07) is 8.56. The molecule has 0 amide bonds. The molecule has 0 fully saturated rings. The Balaban J connectivity index is 2.56. The molecule has 1 aromatic carbocycles. The summed E-state index contributed by atoms with van der Waals surface area (Å²) in [6.07, 6.45) is 0. The van der Waals surface area contributed by atoms with Crippen LogP contribution in [0.25, 0.3) is 0 Å². The molecule has 0 saturated carbocycles. The maximum Gasteiger partial charge on any atom is 0.0587 e. The van der Waals surface area contributed by atoms with Crippen molar-refractivity contribution in [1.29, 1.82) is 0 Å². The lowest BCUT2D eigenvalue weighted by Gasteiger charge is -2.24. The number of hydrogen-bond acceptors (Lipinski definition) is 4. The van der Waals surface area contributed by atoms with Crippen molar-refractivity contribution in [1.82, 2.24) is 10.2 Å². The smallest absolute Gasteiger partial charge is 0.0587 e. The van der Waals surface area contributed by atoms with Crippen molar-refractivity contribution in [3.05, 3.63) is 29.8 Å². The molecule has 108 valence electrons. The Morgan fingerprint density at radius 1 is 1.11 bits per heavy atom. The van der Waals surface area contributed by atoms with E-state index >= 15 is 0 Å². The van der Waals surface area contributed by atoms with Gasteiger partial charge in [0, 0.05) is 46.0 Å². The van der Waals surface area contributed by atoms with Gasteiger partial charge in [-0.15, -0.1) is 0 Å². The van der Waals surface area contributed by atoms with Crippen LogP contribution in [0.15, 0.2) is 24.3 Å². The van der Waals surface area contributed by atoms with Gasteiger partial charge < -0.3 is 19.9 Å². The van der Waals surface area contributed by atoms with Gasteiger partial charge in [-0.2, -0.15) is 0 Å². The van der Waals surface area contributed by atoms with Gasteiger partial charge in [0.1, 0.15) is 0 Å². The number of para-hydroxylation sites is 1. The number of anilines is 1. The fraction of sp³-hybridized carbons (Fsp3) is 0.600. The van der Waals surface area contributed by atoms with Crippen molar-refractivity contribution in [2.75, 3.05) is 59.4 Å². The van der Waals surface area contributed by atoms with E-state index in [0.29, 0.717) is 0 Å². The summed E-state index contributed by atoms with van der Waals surface area (Å²) in [5.74, 6) is 0. The van der Waals surface area contributed by atoms with Crippen LogP contribution < -0.4 is 10.2 Å². The number of hydrogen-bond donors (Lipinski definition) is 1. The number of likely N-dealkylation sites (N-methyl/N-ethyl adjacent to an activating group) is 2. The molecule has 1 aromatic rings. The highest BCUT2D eigenvalue weighted by Crippen LogP contribution is 2.18. The maximum atomic E-state index is 5.04. The molecular formula is C15H27N3O. The van der Waals surface area contributed by atoms with Crippen molar-refractivity contribution in [3.63, 3.8) is 0 Å². The van der Waals surface area contributed by atoms with E-state index in [-0.39, 0.29) is 0 Å². The normalized spacial score (nSPS) is 11.0. The zero-order chi connectivity index (χ0) is 14.1. The highest BCUT2D eigenvalue weighted by Gasteiger charge is 2.06. The average molecular weight is 265 g/mol. The Morgan fingerprint density at radius 3 is 2.53 bits per heavy atom. The largest absolute Gasteiger partial charge is 0.383 e.